The summed E-state index contributed by atoms with van der Waals surface area (Å²) >= 11 is 0. The number of allylic oxidation sites excluding steroid dienone is 2. The van der Waals surface area contributed by atoms with Crippen LogP contribution in [0.15, 0.2) is 79.0 Å². The maximum absolute atomic E-state index is 13.7. The van der Waals surface area contributed by atoms with Gasteiger partial charge in [0.05, 0.1) is 19.2 Å². The van der Waals surface area contributed by atoms with Crippen molar-refractivity contribution in [1.29, 1.82) is 0 Å². The average Bonchev–Trinajstić information content (AvgIpc) is 3.61. The second-order valence-electron chi connectivity index (χ2n) is 13.4. The van der Waals surface area contributed by atoms with Gasteiger partial charge in [-0.05, 0) is 97.9 Å². The first-order chi connectivity index (χ1) is 25.2. The molecule has 1 heterocycles. The zero-order valence-corrected chi connectivity index (χ0v) is 29.9. The van der Waals surface area contributed by atoms with Gasteiger partial charge < -0.3 is 36.7 Å². The van der Waals surface area contributed by atoms with Crippen LogP contribution in [0.1, 0.15) is 106 Å². The number of carbonyl (C=O) groups excluding carboxylic acids is 2. The minimum Gasteiger partial charge on any atom is -0.508 e. The second kappa shape index (κ2) is 18.9. The number of aromatic amines is 1. The number of aromatic hydroxyl groups is 2. The van der Waals surface area contributed by atoms with E-state index in [4.69, 9.17) is 16.2 Å². The number of H-pyrrole nitrogens is 1. The number of carbonyl (C=O) groups is 2. The molecule has 0 saturated heterocycles. The monoisotopic (exact) mass is 702 g/mol. The van der Waals surface area contributed by atoms with Crippen molar-refractivity contribution in [3.05, 3.63) is 124 Å². The number of phenolic OH excluding ortho intramolecular Hbond substituents is 2. The SMILES string of the molecule is CNCCCCCCC=CC(=O)CCc1ccc(O)c(OCCc2ccc(O)c(C3CC(=O)c4cc[nH]c4CC#Cc4cc(C(N)N)ccc43)c2)c1. The van der Waals surface area contributed by atoms with Crippen molar-refractivity contribution in [1.82, 2.24) is 10.3 Å². The second-order valence-corrected chi connectivity index (χ2v) is 13.4. The molecular formula is C43H50N4O5. The normalized spacial score (nSPS) is 14.2. The van der Waals surface area contributed by atoms with Crippen LogP contribution < -0.4 is 21.5 Å². The molecule has 272 valence electrons. The molecule has 8 N–H and O–H groups in total. The third kappa shape index (κ3) is 10.5. The van der Waals surface area contributed by atoms with Gasteiger partial charge in [-0.3, -0.25) is 9.59 Å². The summed E-state index contributed by atoms with van der Waals surface area (Å²) in [6.45, 7) is 1.30. The highest BCUT2D eigenvalue weighted by Gasteiger charge is 2.27. The molecule has 4 aromatic rings. The van der Waals surface area contributed by atoms with Gasteiger partial charge in [0.15, 0.2) is 23.1 Å². The van der Waals surface area contributed by atoms with E-state index in [0.29, 0.717) is 48.1 Å². The van der Waals surface area contributed by atoms with Crippen molar-refractivity contribution in [3.8, 4) is 29.1 Å². The van der Waals surface area contributed by atoms with Crippen molar-refractivity contribution < 1.29 is 24.5 Å². The largest absolute Gasteiger partial charge is 0.508 e. The fraction of sp³-hybridized carbons (Fsp3) is 0.349. The maximum atomic E-state index is 13.7. The number of aromatic nitrogens is 1. The zero-order chi connectivity index (χ0) is 36.9. The fourth-order valence-corrected chi connectivity index (χ4v) is 6.55. The highest BCUT2D eigenvalue weighted by atomic mass is 16.5. The van der Waals surface area contributed by atoms with Gasteiger partial charge in [-0.15, -0.1) is 0 Å². The molecule has 1 atom stereocenters. The summed E-state index contributed by atoms with van der Waals surface area (Å²) in [6.07, 6.45) is 12.2. The highest BCUT2D eigenvalue weighted by molar-refractivity contribution is 5.98. The van der Waals surface area contributed by atoms with Gasteiger partial charge in [-0.1, -0.05) is 61.1 Å². The lowest BCUT2D eigenvalue weighted by Gasteiger charge is -2.22. The summed E-state index contributed by atoms with van der Waals surface area (Å²) in [4.78, 5) is 29.3. The number of phenols is 2. The molecule has 0 bridgehead atoms. The van der Waals surface area contributed by atoms with Gasteiger partial charge in [0.2, 0.25) is 0 Å². The van der Waals surface area contributed by atoms with Gasteiger partial charge in [-0.25, -0.2) is 0 Å². The minimum absolute atomic E-state index is 0.0227. The van der Waals surface area contributed by atoms with E-state index >= 15 is 0 Å². The number of unbranched alkanes of at least 4 members (excludes halogenated alkanes) is 4. The van der Waals surface area contributed by atoms with Crippen LogP contribution >= 0.6 is 0 Å². The summed E-state index contributed by atoms with van der Waals surface area (Å²) in [6, 6.07) is 17.9. The third-order valence-corrected chi connectivity index (χ3v) is 9.50. The number of nitrogens with two attached hydrogens (primary N) is 2. The molecule has 5 rings (SSSR count). The van der Waals surface area contributed by atoms with Gasteiger partial charge in [0.25, 0.3) is 0 Å². The summed E-state index contributed by atoms with van der Waals surface area (Å²) in [7, 11) is 1.97. The van der Waals surface area contributed by atoms with Gasteiger partial charge in [-0.2, -0.15) is 0 Å². The van der Waals surface area contributed by atoms with Crippen LogP contribution in [0.3, 0.4) is 0 Å². The van der Waals surface area contributed by atoms with E-state index in [-0.39, 0.29) is 36.1 Å². The zero-order valence-electron chi connectivity index (χ0n) is 29.9. The smallest absolute Gasteiger partial charge is 0.165 e. The van der Waals surface area contributed by atoms with E-state index in [1.54, 1.807) is 42.6 Å². The molecule has 0 radical (unpaired) electrons. The van der Waals surface area contributed by atoms with E-state index in [0.717, 1.165) is 53.8 Å². The molecule has 0 saturated carbocycles. The number of benzene rings is 3. The number of hydrogen-bond acceptors (Lipinski definition) is 8. The molecule has 0 aliphatic heterocycles. The van der Waals surface area contributed by atoms with E-state index in [1.165, 1.54) is 12.8 Å². The number of ether oxygens (including phenoxy) is 1. The molecule has 9 nitrogen and oxygen atoms in total. The Morgan fingerprint density at radius 3 is 2.58 bits per heavy atom. The van der Waals surface area contributed by atoms with Crippen molar-refractivity contribution in [3.63, 3.8) is 0 Å². The number of ketones is 2. The van der Waals surface area contributed by atoms with Crippen molar-refractivity contribution in [2.75, 3.05) is 20.2 Å². The summed E-state index contributed by atoms with van der Waals surface area (Å²) in [5, 5.41) is 24.8. The van der Waals surface area contributed by atoms with Gasteiger partial charge in [0, 0.05) is 53.8 Å². The lowest BCUT2D eigenvalue weighted by molar-refractivity contribution is -0.114. The van der Waals surface area contributed by atoms with E-state index in [2.05, 4.69) is 22.1 Å². The molecule has 1 aliphatic carbocycles. The van der Waals surface area contributed by atoms with Crippen LogP contribution in [0.4, 0.5) is 0 Å². The number of rotatable bonds is 17. The Labute approximate surface area is 306 Å². The molecular weight excluding hydrogens is 652 g/mol. The van der Waals surface area contributed by atoms with Crippen molar-refractivity contribution in [2.24, 2.45) is 11.5 Å². The Kier molecular flexibility index (Phi) is 13.9. The van der Waals surface area contributed by atoms with Crippen LogP contribution in [0.25, 0.3) is 0 Å². The molecule has 0 fully saturated rings. The fourth-order valence-electron chi connectivity index (χ4n) is 6.55. The average molecular weight is 703 g/mol. The first-order valence-corrected chi connectivity index (χ1v) is 18.2. The Morgan fingerprint density at radius 1 is 0.981 bits per heavy atom. The summed E-state index contributed by atoms with van der Waals surface area (Å²) < 4.78 is 6.02. The minimum atomic E-state index is -0.683. The Hall–Kier alpha value is -5.14. The third-order valence-electron chi connectivity index (χ3n) is 9.50. The molecule has 0 spiro atoms. The molecule has 1 aliphatic rings. The predicted octanol–water partition coefficient (Wildman–Crippen LogP) is 6.50. The Balaban J connectivity index is 1.25. The van der Waals surface area contributed by atoms with Crippen LogP contribution in [0, 0.1) is 11.8 Å². The van der Waals surface area contributed by atoms with E-state index < -0.39 is 12.1 Å². The predicted molar refractivity (Wildman–Crippen MR) is 205 cm³/mol. The van der Waals surface area contributed by atoms with Crippen molar-refractivity contribution in [2.45, 2.75) is 76.3 Å². The maximum Gasteiger partial charge on any atom is 0.165 e. The number of nitrogens with one attached hydrogen (secondary N) is 2. The first-order valence-electron chi connectivity index (χ1n) is 18.2. The first kappa shape index (κ1) is 38.1. The lowest BCUT2D eigenvalue weighted by Crippen LogP contribution is -2.20. The standard InChI is InChI=1S/C43H50N4O5/c1-46-22-7-5-3-2-4-6-10-33(48)16-12-29-14-19-40(50)42(26-29)52-24-21-30-13-18-39(49)37(25-30)36-28-41(51)35-20-23-47-38(35)11-8-9-31-27-32(43(44)45)15-17-34(31)36/h6,10,13-15,17-20,23,25-27,36,43,46-47,49-50H,2-5,7,11-12,16,21-22,24,28,44-45H2,1H3. The molecule has 1 unspecified atom stereocenters. The molecule has 1 aromatic heterocycles. The topological polar surface area (TPSA) is 164 Å². The summed E-state index contributed by atoms with van der Waals surface area (Å²) in [5.74, 6) is 6.43. The number of fused-ring (bicyclic) bond motifs is 2. The Bertz CT molecular complexity index is 1930. The highest BCUT2D eigenvalue weighted by Crippen LogP contribution is 2.38. The number of Topliss-reactive ketones (excluding diaryl/α,β-unsaturated/α-hetero) is 1. The van der Waals surface area contributed by atoms with E-state index in [9.17, 15) is 19.8 Å². The number of aryl methyl sites for hydroxylation is 1. The van der Waals surface area contributed by atoms with Gasteiger partial charge >= 0.3 is 0 Å². The molecule has 0 amide bonds. The summed E-state index contributed by atoms with van der Waals surface area (Å²) in [5.41, 5.74) is 18.0. The Morgan fingerprint density at radius 2 is 1.77 bits per heavy atom. The van der Waals surface area contributed by atoms with Crippen LogP contribution in [0.5, 0.6) is 17.2 Å². The molecule has 52 heavy (non-hydrogen) atoms. The lowest BCUT2D eigenvalue weighted by atomic mass is 9.81. The quantitative estimate of drug-likeness (QED) is 0.0314. The van der Waals surface area contributed by atoms with Crippen molar-refractivity contribution >= 4 is 11.6 Å². The van der Waals surface area contributed by atoms with Crippen LogP contribution in [-0.2, 0) is 24.1 Å². The van der Waals surface area contributed by atoms with Crippen LogP contribution in [-0.4, -0.2) is 47.0 Å². The van der Waals surface area contributed by atoms with Gasteiger partial charge in [0.1, 0.15) is 5.75 Å². The van der Waals surface area contributed by atoms with Crippen LogP contribution in [0.2, 0.25) is 0 Å². The molecule has 9 heteroatoms. The van der Waals surface area contributed by atoms with E-state index in [1.807, 2.05) is 43.5 Å². The number of hydrogen-bond donors (Lipinski definition) is 6. The molecule has 3 aromatic carbocycles.